The number of hydrogen-bond acceptors (Lipinski definition) is 13. The number of aliphatic hydroxyl groups excluding tert-OH is 3. The number of methoxy groups -OCH3 is 3. The predicted molar refractivity (Wildman–Crippen MR) is 264 cm³/mol. The number of likely N-dealkylation sites (tertiary alicyclic amines) is 1. The summed E-state index contributed by atoms with van der Waals surface area (Å²) in [5.41, 5.74) is 1.36. The second-order valence-corrected chi connectivity index (χ2v) is 20.1. The Bertz CT molecular complexity index is 1830. The molecule has 1 saturated carbocycles. The van der Waals surface area contributed by atoms with Crippen LogP contribution in [0.3, 0.4) is 0 Å². The van der Waals surface area contributed by atoms with Gasteiger partial charge in [0.05, 0.1) is 24.4 Å². The fourth-order valence-corrected chi connectivity index (χ4v) is 9.91. The minimum atomic E-state index is -2.36. The number of Topliss-reactive ketones (excluding diaryl/α,β-unsaturated/α-hetero) is 2. The Morgan fingerprint density at radius 2 is 1.61 bits per heavy atom. The maximum Gasteiger partial charge on any atom is 0.296 e. The Labute approximate surface area is 411 Å². The highest BCUT2D eigenvalue weighted by atomic mass is 16.6. The lowest BCUT2D eigenvalue weighted by Gasteiger charge is -2.42. The van der Waals surface area contributed by atoms with Gasteiger partial charge in [-0.25, -0.2) is 0 Å². The van der Waals surface area contributed by atoms with Crippen LogP contribution in [0.25, 0.3) is 0 Å². The van der Waals surface area contributed by atoms with Crippen molar-refractivity contribution in [1.29, 1.82) is 0 Å². The lowest BCUT2D eigenvalue weighted by molar-refractivity contribution is -0.265. The van der Waals surface area contributed by atoms with Crippen molar-refractivity contribution in [2.75, 3.05) is 41.0 Å². The molecule has 2 amide bonds. The number of hydrogen-bond donors (Lipinski definition) is 5. The zero-order chi connectivity index (χ0) is 51.4. The first-order chi connectivity index (χ1) is 32.7. The Morgan fingerprint density at radius 3 is 2.28 bits per heavy atom. The minimum absolute atomic E-state index is 0.0172. The van der Waals surface area contributed by atoms with E-state index in [-0.39, 0.29) is 49.2 Å². The molecule has 69 heavy (non-hydrogen) atoms. The number of nitrogens with zero attached hydrogens (tertiary/aromatic N) is 1. The molecule has 15 nitrogen and oxygen atoms in total. The lowest BCUT2D eigenvalue weighted by atomic mass is 9.80. The molecule has 2 aliphatic heterocycles. The van der Waals surface area contributed by atoms with E-state index in [9.17, 15) is 39.3 Å². The molecule has 0 unspecified atom stereocenters. The van der Waals surface area contributed by atoms with E-state index in [2.05, 4.69) is 12.2 Å². The summed E-state index contributed by atoms with van der Waals surface area (Å²) in [5.74, 6) is -6.07. The van der Waals surface area contributed by atoms with Gasteiger partial charge in [0.1, 0.15) is 18.2 Å². The number of carbonyl (C=O) groups is 5. The maximum absolute atomic E-state index is 13.7. The predicted octanol–water partition coefficient (Wildman–Crippen LogP) is 5.92. The molecular weight excluding hydrogens is 885 g/mol. The summed E-state index contributed by atoms with van der Waals surface area (Å²) in [6.07, 6.45) is 18.1. The van der Waals surface area contributed by atoms with E-state index in [4.69, 9.17) is 24.1 Å². The first-order valence-corrected chi connectivity index (χ1v) is 25.3. The molecule has 0 aromatic heterocycles. The molecule has 14 atom stereocenters. The van der Waals surface area contributed by atoms with Crippen LogP contribution in [0, 0.1) is 35.5 Å². The van der Waals surface area contributed by atoms with Gasteiger partial charge in [0.15, 0.2) is 11.6 Å². The molecule has 15 heteroatoms. The van der Waals surface area contributed by atoms with E-state index < -0.39 is 77.7 Å². The van der Waals surface area contributed by atoms with Crippen LogP contribution in [-0.2, 0) is 42.9 Å². The number of allylic oxidation sites excluding steroid dienone is 8. The van der Waals surface area contributed by atoms with Gasteiger partial charge in [-0.1, -0.05) is 77.2 Å². The van der Waals surface area contributed by atoms with Crippen LogP contribution >= 0.6 is 0 Å². The van der Waals surface area contributed by atoms with E-state index in [0.717, 1.165) is 24.8 Å². The van der Waals surface area contributed by atoms with Crippen LogP contribution < -0.4 is 5.32 Å². The van der Waals surface area contributed by atoms with Gasteiger partial charge in [-0.3, -0.25) is 24.0 Å². The van der Waals surface area contributed by atoms with Crippen molar-refractivity contribution in [3.8, 4) is 0 Å². The van der Waals surface area contributed by atoms with Crippen LogP contribution in [0.2, 0.25) is 0 Å². The van der Waals surface area contributed by atoms with Gasteiger partial charge in [0.25, 0.3) is 11.7 Å². The van der Waals surface area contributed by atoms with E-state index in [1.807, 2.05) is 57.2 Å². The van der Waals surface area contributed by atoms with E-state index in [1.54, 1.807) is 47.1 Å². The topological polar surface area (TPSA) is 218 Å². The third kappa shape index (κ3) is 17.8. The molecule has 3 rings (SSSR count). The summed E-state index contributed by atoms with van der Waals surface area (Å²) in [5, 5.41) is 44.8. The number of rotatable bonds is 27. The van der Waals surface area contributed by atoms with Gasteiger partial charge < -0.3 is 49.6 Å². The smallest absolute Gasteiger partial charge is 0.296 e. The van der Waals surface area contributed by atoms with Gasteiger partial charge in [0.2, 0.25) is 11.7 Å². The normalized spacial score (nSPS) is 28.3. The quantitative estimate of drug-likeness (QED) is 0.0213. The molecule has 0 bridgehead atoms. The zero-order valence-corrected chi connectivity index (χ0v) is 43.1. The fraction of sp³-hybridized carbons (Fsp3) is 0.722. The molecule has 2 heterocycles. The van der Waals surface area contributed by atoms with Gasteiger partial charge >= 0.3 is 0 Å². The van der Waals surface area contributed by atoms with E-state index in [0.29, 0.717) is 69.3 Å². The second kappa shape index (κ2) is 29.6. The van der Waals surface area contributed by atoms with Crippen molar-refractivity contribution < 1.29 is 63.3 Å². The van der Waals surface area contributed by atoms with Crippen molar-refractivity contribution in [1.82, 2.24) is 10.2 Å². The van der Waals surface area contributed by atoms with Gasteiger partial charge in [-0.15, -0.1) is 0 Å². The third-order valence-electron chi connectivity index (χ3n) is 14.4. The van der Waals surface area contributed by atoms with Crippen molar-refractivity contribution in [3.63, 3.8) is 0 Å². The molecule has 390 valence electrons. The van der Waals surface area contributed by atoms with Crippen molar-refractivity contribution >= 4 is 29.2 Å². The molecule has 0 spiro atoms. The average Bonchev–Trinajstić information content (AvgIpc) is 3.33. The van der Waals surface area contributed by atoms with Crippen LogP contribution in [0.15, 0.2) is 59.8 Å². The number of amides is 2. The number of piperidine rings is 1. The van der Waals surface area contributed by atoms with Crippen molar-refractivity contribution in [2.24, 2.45) is 35.5 Å². The highest BCUT2D eigenvalue weighted by molar-refractivity contribution is 6.39. The Balaban J connectivity index is 1.52. The number of nitrogens with one attached hydrogen (secondary N) is 1. The molecule has 3 fully saturated rings. The SMILES string of the molecule is CO[C@@H](C[C@@H]1CC[C@@H](C)[C@](O)(C(=O)C(=O)N2CCCC[C@H]2C(=O)NCCCO)O1)/C(C)=C/C=C/C=C/[C@@H](C)C[C@@H](C)C(=O)[C@H](OC)[C@H](O)/C(C)=C/[C@@H](C)C(=O)/C=C/[C@H](C)C[C@@H]1CC[C@@H](O)[C@H](OC)C1. The fourth-order valence-electron chi connectivity index (χ4n) is 9.91. The van der Waals surface area contributed by atoms with Gasteiger partial charge in [0, 0.05) is 65.2 Å². The summed E-state index contributed by atoms with van der Waals surface area (Å²) < 4.78 is 22.8. The van der Waals surface area contributed by atoms with Crippen molar-refractivity contribution in [2.45, 2.75) is 174 Å². The van der Waals surface area contributed by atoms with Crippen molar-refractivity contribution in [3.05, 3.63) is 59.8 Å². The first kappa shape index (κ1) is 59.6. The van der Waals surface area contributed by atoms with Crippen LogP contribution in [-0.4, -0.2) is 144 Å². The number of ether oxygens (including phenoxy) is 4. The molecule has 2 saturated heterocycles. The number of carbonyl (C=O) groups excluding carboxylic acids is 5. The number of ketones is 3. The van der Waals surface area contributed by atoms with Crippen LogP contribution in [0.1, 0.15) is 126 Å². The second-order valence-electron chi connectivity index (χ2n) is 20.1. The van der Waals surface area contributed by atoms with E-state index >= 15 is 0 Å². The first-order valence-electron chi connectivity index (χ1n) is 25.3. The summed E-state index contributed by atoms with van der Waals surface area (Å²) in [4.78, 5) is 68.1. The Morgan fingerprint density at radius 1 is 0.884 bits per heavy atom. The molecular formula is C54H86N2O13. The van der Waals surface area contributed by atoms with Gasteiger partial charge in [-0.05, 0) is 119 Å². The lowest BCUT2D eigenvalue weighted by Crippen LogP contribution is -2.61. The minimum Gasteiger partial charge on any atom is -0.396 e. The monoisotopic (exact) mass is 971 g/mol. The summed E-state index contributed by atoms with van der Waals surface area (Å²) in [7, 11) is 4.60. The zero-order valence-electron chi connectivity index (χ0n) is 43.1. The molecule has 5 N–H and O–H groups in total. The molecule has 1 aliphatic carbocycles. The molecule has 0 radical (unpaired) electrons. The number of aliphatic hydroxyl groups is 4. The van der Waals surface area contributed by atoms with Crippen LogP contribution in [0.5, 0.6) is 0 Å². The average molecular weight is 971 g/mol. The molecule has 0 aromatic carbocycles. The molecule has 3 aliphatic rings. The summed E-state index contributed by atoms with van der Waals surface area (Å²) in [6, 6.07) is -0.845. The van der Waals surface area contributed by atoms with Crippen LogP contribution in [0.4, 0.5) is 0 Å². The summed E-state index contributed by atoms with van der Waals surface area (Å²) in [6.45, 7) is 13.3. The highest BCUT2D eigenvalue weighted by Crippen LogP contribution is 2.37. The highest BCUT2D eigenvalue weighted by Gasteiger charge is 2.52. The molecule has 0 aromatic rings. The Kier molecular flexibility index (Phi) is 25.6. The maximum atomic E-state index is 13.7. The third-order valence-corrected chi connectivity index (χ3v) is 14.4. The summed E-state index contributed by atoms with van der Waals surface area (Å²) >= 11 is 0. The van der Waals surface area contributed by atoms with E-state index in [1.165, 1.54) is 12.0 Å². The largest absolute Gasteiger partial charge is 0.396 e. The standard InChI is InChI=1S/C54H86N2O13/c1-34(29-38(5)48(60)50(68-10)49(61)39(6)31-37(4)44(58)24-20-35(2)30-41-22-25-45(59)47(32-41)67-9)17-12-11-13-18-36(3)46(66-8)33-42-23-21-40(7)54(65,69-42)51(62)53(64)56-27-15-14-19-43(56)52(63)55-26-16-28-57/h11-13,17-18,20,24,31,34-35,37-38,40-43,45-47,49-50,57,59,61,65H,14-16,19,21-23,25-30,32-33H2,1-10H3,(H,55,63)/b13-11+,17-12+,24-20+,36-18+,39-31+/t34-,35+,37-,38-,40-,41+,42+,43+,45-,46+,47-,49-,50+,54-/m1/s1. The van der Waals surface area contributed by atoms with Gasteiger partial charge in [-0.2, -0.15) is 0 Å². The Hall–Kier alpha value is -3.67.